The highest BCUT2D eigenvalue weighted by atomic mass is 32.2. The van der Waals surface area contributed by atoms with Crippen molar-refractivity contribution in [3.05, 3.63) is 17.0 Å². The number of carbonyl (C=O) groups is 1. The van der Waals surface area contributed by atoms with Crippen LogP contribution < -0.4 is 4.72 Å². The molecule has 0 spiro atoms. The van der Waals surface area contributed by atoms with Gasteiger partial charge in [-0.05, 0) is 26.2 Å². The molecule has 1 amide bonds. The normalized spacial score (nSPS) is 13.4. The third kappa shape index (κ3) is 5.42. The van der Waals surface area contributed by atoms with Crippen molar-refractivity contribution in [2.24, 2.45) is 5.92 Å². The van der Waals surface area contributed by atoms with Crippen molar-refractivity contribution in [1.29, 1.82) is 0 Å². The van der Waals surface area contributed by atoms with Crippen LogP contribution in [-0.4, -0.2) is 43.7 Å². The standard InChI is InChI=1S/C14H25N3O4S/c1-9(2)7-13(16-22(6,19)20)14(18)17(5)8-12-10(3)15-21-11(12)4/h9,13,16H,7-8H2,1-6H3/t13-/m1/s1. The molecule has 0 aliphatic heterocycles. The Morgan fingerprint density at radius 1 is 1.36 bits per heavy atom. The number of amides is 1. The van der Waals surface area contributed by atoms with E-state index in [4.69, 9.17) is 4.52 Å². The summed E-state index contributed by atoms with van der Waals surface area (Å²) in [6.07, 6.45) is 1.50. The minimum absolute atomic E-state index is 0.190. The molecule has 1 rings (SSSR count). The van der Waals surface area contributed by atoms with Crippen LogP contribution in [-0.2, 0) is 21.4 Å². The molecule has 0 unspecified atom stereocenters. The van der Waals surface area contributed by atoms with Crippen molar-refractivity contribution in [3.8, 4) is 0 Å². The minimum atomic E-state index is -3.45. The Labute approximate surface area is 132 Å². The molecule has 22 heavy (non-hydrogen) atoms. The first-order valence-corrected chi connectivity index (χ1v) is 9.04. The van der Waals surface area contributed by atoms with Gasteiger partial charge in [0.25, 0.3) is 0 Å². The molecule has 0 bridgehead atoms. The number of likely N-dealkylation sites (N-methyl/N-ethyl adjacent to an activating group) is 1. The second-order valence-electron chi connectivity index (χ2n) is 6.07. The molecule has 1 aromatic heterocycles. The summed E-state index contributed by atoms with van der Waals surface area (Å²) in [6.45, 7) is 7.82. The number of hydrogen-bond donors (Lipinski definition) is 1. The Kier molecular flexibility index (Phi) is 6.13. The fraction of sp³-hybridized carbons (Fsp3) is 0.714. The Morgan fingerprint density at radius 3 is 2.36 bits per heavy atom. The van der Waals surface area contributed by atoms with Crippen LogP contribution in [0.15, 0.2) is 4.52 Å². The van der Waals surface area contributed by atoms with Gasteiger partial charge in [0.2, 0.25) is 15.9 Å². The second-order valence-corrected chi connectivity index (χ2v) is 7.85. The van der Waals surface area contributed by atoms with Gasteiger partial charge in [0.1, 0.15) is 11.8 Å². The van der Waals surface area contributed by atoms with Crippen molar-refractivity contribution in [2.45, 2.75) is 46.7 Å². The maximum Gasteiger partial charge on any atom is 0.240 e. The third-order valence-corrected chi connectivity index (χ3v) is 4.03. The summed E-state index contributed by atoms with van der Waals surface area (Å²) in [4.78, 5) is 14.1. The van der Waals surface area contributed by atoms with Crippen LogP contribution in [0.3, 0.4) is 0 Å². The zero-order valence-electron chi connectivity index (χ0n) is 14.0. The van der Waals surface area contributed by atoms with Crippen LogP contribution in [0.25, 0.3) is 0 Å². The van der Waals surface area contributed by atoms with Crippen LogP contribution in [0.5, 0.6) is 0 Å². The lowest BCUT2D eigenvalue weighted by Crippen LogP contribution is -2.47. The molecule has 0 saturated carbocycles. The van der Waals surface area contributed by atoms with Crippen molar-refractivity contribution < 1.29 is 17.7 Å². The average molecular weight is 331 g/mol. The number of aryl methyl sites for hydroxylation is 2. The molecule has 1 N–H and O–H groups in total. The van der Waals surface area contributed by atoms with E-state index in [9.17, 15) is 13.2 Å². The summed E-state index contributed by atoms with van der Waals surface area (Å²) in [5.41, 5.74) is 1.58. The Morgan fingerprint density at radius 2 is 1.95 bits per heavy atom. The van der Waals surface area contributed by atoms with Gasteiger partial charge in [0, 0.05) is 12.6 Å². The molecule has 8 heteroatoms. The van der Waals surface area contributed by atoms with E-state index in [1.54, 1.807) is 14.0 Å². The number of sulfonamides is 1. The van der Waals surface area contributed by atoms with Crippen LogP contribution >= 0.6 is 0 Å². The van der Waals surface area contributed by atoms with Crippen LogP contribution in [0.4, 0.5) is 0 Å². The minimum Gasteiger partial charge on any atom is -0.361 e. The maximum atomic E-state index is 12.6. The summed E-state index contributed by atoms with van der Waals surface area (Å²) < 4.78 is 30.4. The van der Waals surface area contributed by atoms with Crippen LogP contribution in [0, 0.1) is 19.8 Å². The Hall–Kier alpha value is -1.41. The molecule has 0 aliphatic rings. The lowest BCUT2D eigenvalue weighted by Gasteiger charge is -2.25. The molecular weight excluding hydrogens is 306 g/mol. The summed E-state index contributed by atoms with van der Waals surface area (Å²) in [6, 6.07) is -0.763. The monoisotopic (exact) mass is 331 g/mol. The number of rotatable bonds is 7. The van der Waals surface area contributed by atoms with Gasteiger partial charge < -0.3 is 9.42 Å². The highest BCUT2D eigenvalue weighted by Crippen LogP contribution is 2.16. The summed E-state index contributed by atoms with van der Waals surface area (Å²) in [5, 5.41) is 3.86. The van der Waals surface area contributed by atoms with E-state index < -0.39 is 16.1 Å². The molecule has 1 atom stereocenters. The van der Waals surface area contributed by atoms with E-state index in [2.05, 4.69) is 9.88 Å². The predicted molar refractivity (Wildman–Crippen MR) is 83.7 cm³/mol. The fourth-order valence-electron chi connectivity index (χ4n) is 2.24. The first-order chi connectivity index (χ1) is 10.0. The number of nitrogens with one attached hydrogen (secondary N) is 1. The van der Waals surface area contributed by atoms with Gasteiger partial charge in [0.15, 0.2) is 0 Å². The van der Waals surface area contributed by atoms with Gasteiger partial charge in [-0.1, -0.05) is 19.0 Å². The predicted octanol–water partition coefficient (Wildman–Crippen LogP) is 1.21. The van der Waals surface area contributed by atoms with E-state index in [-0.39, 0.29) is 11.8 Å². The number of carbonyl (C=O) groups excluding carboxylic acids is 1. The number of nitrogens with zero attached hydrogens (tertiary/aromatic N) is 2. The molecule has 0 fully saturated rings. The zero-order valence-corrected chi connectivity index (χ0v) is 14.8. The van der Waals surface area contributed by atoms with Gasteiger partial charge in [-0.3, -0.25) is 4.79 Å². The highest BCUT2D eigenvalue weighted by Gasteiger charge is 2.27. The SMILES string of the molecule is Cc1noc(C)c1CN(C)C(=O)[C@@H](CC(C)C)NS(C)(=O)=O. The van der Waals surface area contributed by atoms with Gasteiger partial charge in [0.05, 0.1) is 18.5 Å². The van der Waals surface area contributed by atoms with Gasteiger partial charge in [-0.15, -0.1) is 0 Å². The van der Waals surface area contributed by atoms with Crippen LogP contribution in [0.2, 0.25) is 0 Å². The number of hydrogen-bond acceptors (Lipinski definition) is 5. The lowest BCUT2D eigenvalue weighted by molar-refractivity contribution is -0.132. The van der Waals surface area contributed by atoms with Gasteiger partial charge in [-0.25, -0.2) is 13.1 Å². The maximum absolute atomic E-state index is 12.6. The molecule has 1 heterocycles. The Balaban J connectivity index is 2.88. The topological polar surface area (TPSA) is 92.5 Å². The quantitative estimate of drug-likeness (QED) is 0.811. The second kappa shape index (κ2) is 7.23. The van der Waals surface area contributed by atoms with Crippen molar-refractivity contribution in [2.75, 3.05) is 13.3 Å². The number of aromatic nitrogens is 1. The van der Waals surface area contributed by atoms with E-state index in [1.165, 1.54) is 4.90 Å². The first kappa shape index (κ1) is 18.6. The highest BCUT2D eigenvalue weighted by molar-refractivity contribution is 7.88. The fourth-order valence-corrected chi connectivity index (χ4v) is 2.95. The van der Waals surface area contributed by atoms with Gasteiger partial charge in [-0.2, -0.15) is 0 Å². The molecule has 0 aliphatic carbocycles. The van der Waals surface area contributed by atoms with E-state index in [0.717, 1.165) is 17.5 Å². The van der Waals surface area contributed by atoms with Crippen molar-refractivity contribution in [1.82, 2.24) is 14.8 Å². The van der Waals surface area contributed by atoms with Crippen LogP contribution in [0.1, 0.15) is 37.3 Å². The van der Waals surface area contributed by atoms with E-state index in [1.807, 2.05) is 20.8 Å². The van der Waals surface area contributed by atoms with Crippen molar-refractivity contribution >= 4 is 15.9 Å². The molecule has 1 aromatic rings. The molecule has 7 nitrogen and oxygen atoms in total. The first-order valence-electron chi connectivity index (χ1n) is 7.15. The molecule has 0 radical (unpaired) electrons. The summed E-state index contributed by atoms with van der Waals surface area (Å²) in [5.74, 6) is 0.587. The largest absolute Gasteiger partial charge is 0.361 e. The average Bonchev–Trinajstić information content (AvgIpc) is 2.66. The smallest absolute Gasteiger partial charge is 0.240 e. The van der Waals surface area contributed by atoms with E-state index >= 15 is 0 Å². The van der Waals surface area contributed by atoms with E-state index in [0.29, 0.717) is 18.7 Å². The molecule has 0 aromatic carbocycles. The molecular formula is C14H25N3O4S. The Bertz CT molecular complexity index is 603. The molecule has 126 valence electrons. The summed E-state index contributed by atoms with van der Waals surface area (Å²) >= 11 is 0. The lowest BCUT2D eigenvalue weighted by atomic mass is 10.0. The summed E-state index contributed by atoms with van der Waals surface area (Å²) in [7, 11) is -1.81. The van der Waals surface area contributed by atoms with Gasteiger partial charge >= 0.3 is 0 Å². The van der Waals surface area contributed by atoms with Crippen molar-refractivity contribution in [3.63, 3.8) is 0 Å². The zero-order chi connectivity index (χ0) is 17.1. The third-order valence-electron chi connectivity index (χ3n) is 3.31. The molecule has 0 saturated heterocycles.